The van der Waals surface area contributed by atoms with Gasteiger partial charge in [-0.15, -0.1) is 11.3 Å². The molecule has 2 atom stereocenters. The molecule has 3 heterocycles. The van der Waals surface area contributed by atoms with Gasteiger partial charge in [0.15, 0.2) is 4.21 Å². The first-order valence-electron chi connectivity index (χ1n) is 6.82. The van der Waals surface area contributed by atoms with Gasteiger partial charge >= 0.3 is 0 Å². The van der Waals surface area contributed by atoms with Gasteiger partial charge < -0.3 is 9.84 Å². The monoisotopic (exact) mass is 359 g/mol. The first-order valence-corrected chi connectivity index (χ1v) is 10.1. The van der Waals surface area contributed by atoms with Gasteiger partial charge in [-0.05, 0) is 33.8 Å². The summed E-state index contributed by atoms with van der Waals surface area (Å²) in [6.07, 6.45) is 0. The summed E-state index contributed by atoms with van der Waals surface area (Å²) in [5.74, 6) is 0.344. The van der Waals surface area contributed by atoms with Crippen molar-refractivity contribution < 1.29 is 18.3 Å². The first kappa shape index (κ1) is 15.9. The van der Waals surface area contributed by atoms with Crippen molar-refractivity contribution in [1.29, 1.82) is 0 Å². The minimum Gasteiger partial charge on any atom is -0.494 e. The third-order valence-electron chi connectivity index (χ3n) is 4.00. The highest BCUT2D eigenvalue weighted by Crippen LogP contribution is 2.39. The van der Waals surface area contributed by atoms with E-state index in [0.29, 0.717) is 18.8 Å². The Morgan fingerprint density at radius 3 is 2.82 bits per heavy atom. The van der Waals surface area contributed by atoms with E-state index in [4.69, 9.17) is 4.74 Å². The molecule has 5 nitrogen and oxygen atoms in total. The summed E-state index contributed by atoms with van der Waals surface area (Å²) in [5.41, 5.74) is 1.10. The molecule has 3 rings (SSSR count). The lowest BCUT2D eigenvalue weighted by Crippen LogP contribution is -2.29. The average molecular weight is 359 g/mol. The van der Waals surface area contributed by atoms with E-state index < -0.39 is 10.0 Å². The molecule has 0 aliphatic carbocycles. The van der Waals surface area contributed by atoms with Crippen LogP contribution in [0.3, 0.4) is 0 Å². The van der Waals surface area contributed by atoms with Gasteiger partial charge in [-0.2, -0.15) is 15.6 Å². The van der Waals surface area contributed by atoms with Crippen LogP contribution in [0.2, 0.25) is 0 Å². The number of rotatable bonds is 5. The lowest BCUT2D eigenvalue weighted by atomic mass is 9.92. The Labute approximate surface area is 137 Å². The van der Waals surface area contributed by atoms with Crippen LogP contribution in [0, 0.1) is 5.92 Å². The SMILES string of the molecule is COc1ccsc1S(=O)(=O)N1C[C@@H](CO)[C@@H](c2ccsc2)C1. The number of thiophene rings is 2. The van der Waals surface area contributed by atoms with Crippen molar-refractivity contribution in [3.63, 3.8) is 0 Å². The topological polar surface area (TPSA) is 66.8 Å². The molecule has 1 aliphatic heterocycles. The zero-order valence-corrected chi connectivity index (χ0v) is 14.5. The molecule has 1 fully saturated rings. The van der Waals surface area contributed by atoms with Crippen LogP contribution in [0.4, 0.5) is 0 Å². The molecule has 0 spiro atoms. The second-order valence-corrected chi connectivity index (χ2v) is 9.03. The van der Waals surface area contributed by atoms with E-state index >= 15 is 0 Å². The van der Waals surface area contributed by atoms with Gasteiger partial charge in [-0.3, -0.25) is 0 Å². The summed E-state index contributed by atoms with van der Waals surface area (Å²) >= 11 is 2.74. The molecule has 1 N–H and O–H groups in total. The number of aliphatic hydroxyl groups excluding tert-OH is 1. The standard InChI is InChI=1S/C14H17NO4S3/c1-19-13-3-5-21-14(13)22(17,18)15-6-11(8-16)12(7-15)10-2-4-20-9-10/h2-5,9,11-12,16H,6-8H2,1H3/t11-,12+/m0/s1. The van der Waals surface area contributed by atoms with Crippen LogP contribution in [0.5, 0.6) is 5.75 Å². The molecule has 2 aromatic heterocycles. The van der Waals surface area contributed by atoms with E-state index in [-0.39, 0.29) is 22.7 Å². The molecule has 1 saturated heterocycles. The number of aliphatic hydroxyl groups is 1. The second-order valence-electron chi connectivity index (χ2n) is 5.20. The van der Waals surface area contributed by atoms with E-state index in [9.17, 15) is 13.5 Å². The lowest BCUT2D eigenvalue weighted by Gasteiger charge is -2.16. The Morgan fingerprint density at radius 2 is 2.18 bits per heavy atom. The molecule has 120 valence electrons. The van der Waals surface area contributed by atoms with Gasteiger partial charge in [0.25, 0.3) is 10.0 Å². The lowest BCUT2D eigenvalue weighted by molar-refractivity contribution is 0.223. The summed E-state index contributed by atoms with van der Waals surface area (Å²) in [7, 11) is -2.12. The predicted molar refractivity (Wildman–Crippen MR) is 87.3 cm³/mol. The van der Waals surface area contributed by atoms with Crippen LogP contribution < -0.4 is 4.74 Å². The summed E-state index contributed by atoms with van der Waals surface area (Å²) in [4.78, 5) is 0. The van der Waals surface area contributed by atoms with Crippen LogP contribution in [-0.4, -0.2) is 44.6 Å². The van der Waals surface area contributed by atoms with E-state index in [1.807, 2.05) is 16.8 Å². The maximum atomic E-state index is 12.8. The molecule has 0 aromatic carbocycles. The van der Waals surface area contributed by atoms with E-state index in [1.165, 1.54) is 11.4 Å². The van der Waals surface area contributed by atoms with Crippen LogP contribution in [0.1, 0.15) is 11.5 Å². The third-order valence-corrected chi connectivity index (χ3v) is 7.96. The fourth-order valence-electron chi connectivity index (χ4n) is 2.82. The van der Waals surface area contributed by atoms with Crippen LogP contribution in [-0.2, 0) is 10.0 Å². The van der Waals surface area contributed by atoms with Gasteiger partial charge in [0, 0.05) is 31.5 Å². The van der Waals surface area contributed by atoms with Gasteiger partial charge in [0.05, 0.1) is 7.11 Å². The summed E-state index contributed by atoms with van der Waals surface area (Å²) in [6, 6.07) is 3.66. The van der Waals surface area contributed by atoms with Crippen LogP contribution in [0.15, 0.2) is 32.5 Å². The van der Waals surface area contributed by atoms with Crippen molar-refractivity contribution in [3.8, 4) is 5.75 Å². The van der Waals surface area contributed by atoms with Crippen molar-refractivity contribution >= 4 is 32.7 Å². The molecular weight excluding hydrogens is 342 g/mol. The van der Waals surface area contributed by atoms with Gasteiger partial charge in [0.1, 0.15) is 5.75 Å². The first-order chi connectivity index (χ1) is 10.6. The number of nitrogens with zero attached hydrogens (tertiary/aromatic N) is 1. The molecular formula is C14H17NO4S3. The van der Waals surface area contributed by atoms with Gasteiger partial charge in [0.2, 0.25) is 0 Å². The Bertz CT molecular complexity index is 723. The smallest absolute Gasteiger partial charge is 0.256 e. The molecule has 1 aliphatic rings. The molecule has 2 aromatic rings. The van der Waals surface area contributed by atoms with Crippen LogP contribution in [0.25, 0.3) is 0 Å². The summed E-state index contributed by atoms with van der Waals surface area (Å²) in [6.45, 7) is 0.708. The molecule has 22 heavy (non-hydrogen) atoms. The van der Waals surface area contributed by atoms with E-state index in [1.54, 1.807) is 22.8 Å². The summed E-state index contributed by atoms with van der Waals surface area (Å²) in [5, 5.41) is 15.3. The Morgan fingerprint density at radius 1 is 1.36 bits per heavy atom. The third kappa shape index (κ3) is 2.69. The fourth-order valence-corrected chi connectivity index (χ4v) is 6.48. The number of methoxy groups -OCH3 is 1. The van der Waals surface area contributed by atoms with Crippen molar-refractivity contribution in [2.75, 3.05) is 26.8 Å². The molecule has 8 heteroatoms. The Hall–Kier alpha value is -0.930. The molecule has 0 bridgehead atoms. The number of sulfonamides is 1. The summed E-state index contributed by atoms with van der Waals surface area (Å²) < 4.78 is 32.5. The van der Waals surface area contributed by atoms with Crippen molar-refractivity contribution in [1.82, 2.24) is 4.31 Å². The van der Waals surface area contributed by atoms with E-state index in [0.717, 1.165) is 16.9 Å². The highest BCUT2D eigenvalue weighted by atomic mass is 32.2. The maximum Gasteiger partial charge on any atom is 0.256 e. The van der Waals surface area contributed by atoms with Crippen molar-refractivity contribution in [2.45, 2.75) is 10.1 Å². The second kappa shape index (κ2) is 6.29. The molecule has 0 amide bonds. The average Bonchev–Trinajstić information content (AvgIpc) is 3.24. The molecule has 0 saturated carbocycles. The number of hydrogen-bond acceptors (Lipinski definition) is 6. The maximum absolute atomic E-state index is 12.8. The largest absolute Gasteiger partial charge is 0.494 e. The molecule has 0 radical (unpaired) electrons. The van der Waals surface area contributed by atoms with Crippen molar-refractivity contribution in [3.05, 3.63) is 33.8 Å². The highest BCUT2D eigenvalue weighted by Gasteiger charge is 2.41. The Balaban J connectivity index is 1.90. The minimum absolute atomic E-state index is 0.0197. The highest BCUT2D eigenvalue weighted by molar-refractivity contribution is 7.91. The van der Waals surface area contributed by atoms with Crippen LogP contribution >= 0.6 is 22.7 Å². The predicted octanol–water partition coefficient (Wildman–Crippen LogP) is 2.21. The fraction of sp³-hybridized carbons (Fsp3) is 0.429. The van der Waals surface area contributed by atoms with Gasteiger partial charge in [-0.1, -0.05) is 0 Å². The van der Waals surface area contributed by atoms with E-state index in [2.05, 4.69) is 0 Å². The Kier molecular flexibility index (Phi) is 4.56. The number of ether oxygens (including phenoxy) is 1. The zero-order chi connectivity index (χ0) is 15.7. The minimum atomic E-state index is -3.59. The number of hydrogen-bond donors (Lipinski definition) is 1. The normalized spacial score (nSPS) is 23.0. The quantitative estimate of drug-likeness (QED) is 0.889. The van der Waals surface area contributed by atoms with Gasteiger partial charge in [-0.25, -0.2) is 8.42 Å². The van der Waals surface area contributed by atoms with Crippen molar-refractivity contribution in [2.24, 2.45) is 5.92 Å². The zero-order valence-electron chi connectivity index (χ0n) is 12.0. The molecule has 0 unspecified atom stereocenters.